The molecular weight excluding hydrogens is 402 g/mol. The van der Waals surface area contributed by atoms with Crippen molar-refractivity contribution in [2.45, 2.75) is 32.2 Å². The van der Waals surface area contributed by atoms with E-state index in [0.717, 1.165) is 37.5 Å². The summed E-state index contributed by atoms with van der Waals surface area (Å²) in [5, 5.41) is 10.3. The average molecular weight is 436 g/mol. The lowest BCUT2D eigenvalue weighted by atomic mass is 9.88. The van der Waals surface area contributed by atoms with Crippen molar-refractivity contribution in [3.05, 3.63) is 64.5 Å². The second-order valence-electron chi connectivity index (χ2n) is 8.23. The molecule has 164 valence electrons. The molecule has 2 aromatic heterocycles. The lowest BCUT2D eigenvalue weighted by Crippen LogP contribution is -2.40. The first-order chi connectivity index (χ1) is 15.3. The van der Waals surface area contributed by atoms with Crippen molar-refractivity contribution in [2.75, 3.05) is 33.2 Å². The summed E-state index contributed by atoms with van der Waals surface area (Å²) >= 11 is 1.87. The molecule has 3 heterocycles. The van der Waals surface area contributed by atoms with Crippen LogP contribution in [-0.4, -0.2) is 49.1 Å². The number of hydrogen-bond donors (Lipinski definition) is 2. The number of nitrogens with zero attached hydrogens (tertiary/aromatic N) is 3. The highest BCUT2D eigenvalue weighted by Gasteiger charge is 2.31. The van der Waals surface area contributed by atoms with Crippen LogP contribution in [0.1, 0.15) is 36.2 Å². The van der Waals surface area contributed by atoms with E-state index in [1.807, 2.05) is 23.6 Å². The molecule has 1 aliphatic rings. The van der Waals surface area contributed by atoms with Crippen LogP contribution in [0.2, 0.25) is 0 Å². The summed E-state index contributed by atoms with van der Waals surface area (Å²) in [6.45, 7) is 5.83. The number of rotatable bonds is 7. The summed E-state index contributed by atoms with van der Waals surface area (Å²) in [6.07, 6.45) is 5.27. The zero-order valence-corrected chi connectivity index (χ0v) is 19.4. The minimum Gasteiger partial charge on any atom is -0.357 e. The lowest BCUT2D eigenvalue weighted by Gasteiger charge is -2.38. The predicted molar refractivity (Wildman–Crippen MR) is 132 cm³/mol. The third-order valence-corrected chi connectivity index (χ3v) is 7.02. The molecule has 2 unspecified atom stereocenters. The molecular formula is C25H33N5S. The normalized spacial score (nSPS) is 20.1. The number of para-hydroxylation sites is 1. The predicted octanol–water partition coefficient (Wildman–Crippen LogP) is 4.48. The average Bonchev–Trinajstić information content (AvgIpc) is 3.32. The SMILES string of the molecule is CCNC(=NCC1CCCN(C)C1c1cccs1)NCCc1cccc2cccnc12. The number of aliphatic imine (C=N–C) groups is 1. The van der Waals surface area contributed by atoms with Gasteiger partial charge in [-0.15, -0.1) is 11.3 Å². The molecule has 1 saturated heterocycles. The van der Waals surface area contributed by atoms with Gasteiger partial charge in [-0.1, -0.05) is 30.3 Å². The smallest absolute Gasteiger partial charge is 0.191 e. The Morgan fingerprint density at radius 3 is 2.94 bits per heavy atom. The van der Waals surface area contributed by atoms with Crippen molar-refractivity contribution in [1.29, 1.82) is 0 Å². The van der Waals surface area contributed by atoms with E-state index in [1.54, 1.807) is 0 Å². The summed E-state index contributed by atoms with van der Waals surface area (Å²) in [4.78, 5) is 13.5. The number of likely N-dealkylation sites (tertiary alicyclic amines) is 1. The molecule has 31 heavy (non-hydrogen) atoms. The summed E-state index contributed by atoms with van der Waals surface area (Å²) < 4.78 is 0. The number of guanidine groups is 1. The van der Waals surface area contributed by atoms with E-state index in [9.17, 15) is 0 Å². The van der Waals surface area contributed by atoms with Gasteiger partial charge in [-0.3, -0.25) is 14.9 Å². The number of aromatic nitrogens is 1. The number of piperidine rings is 1. The number of pyridine rings is 1. The fourth-order valence-corrected chi connectivity index (χ4v) is 5.58. The molecule has 0 amide bonds. The van der Waals surface area contributed by atoms with Crippen molar-refractivity contribution in [2.24, 2.45) is 10.9 Å². The maximum absolute atomic E-state index is 4.98. The van der Waals surface area contributed by atoms with Gasteiger partial charge in [0.1, 0.15) is 0 Å². The van der Waals surface area contributed by atoms with Gasteiger partial charge < -0.3 is 10.6 Å². The highest BCUT2D eigenvalue weighted by molar-refractivity contribution is 7.10. The third kappa shape index (κ3) is 5.43. The maximum atomic E-state index is 4.98. The monoisotopic (exact) mass is 435 g/mol. The van der Waals surface area contributed by atoms with Crippen LogP contribution in [-0.2, 0) is 6.42 Å². The van der Waals surface area contributed by atoms with Crippen LogP contribution in [0, 0.1) is 5.92 Å². The van der Waals surface area contributed by atoms with Crippen LogP contribution in [0.5, 0.6) is 0 Å². The van der Waals surface area contributed by atoms with Gasteiger partial charge in [0.05, 0.1) is 5.52 Å². The molecule has 4 rings (SSSR count). The van der Waals surface area contributed by atoms with Crippen molar-refractivity contribution in [3.63, 3.8) is 0 Å². The molecule has 5 nitrogen and oxygen atoms in total. The molecule has 2 atom stereocenters. The minimum absolute atomic E-state index is 0.474. The molecule has 0 saturated carbocycles. The Bertz CT molecular complexity index is 979. The Labute approximate surface area is 189 Å². The second-order valence-corrected chi connectivity index (χ2v) is 9.21. The van der Waals surface area contributed by atoms with E-state index in [2.05, 4.69) is 76.3 Å². The van der Waals surface area contributed by atoms with Crippen LogP contribution in [0.25, 0.3) is 10.9 Å². The van der Waals surface area contributed by atoms with Gasteiger partial charge in [0.2, 0.25) is 0 Å². The summed E-state index contributed by atoms with van der Waals surface area (Å²) in [5.41, 5.74) is 2.37. The molecule has 2 N–H and O–H groups in total. The number of nitrogens with one attached hydrogen (secondary N) is 2. The first-order valence-corrected chi connectivity index (χ1v) is 12.2. The molecule has 0 spiro atoms. The van der Waals surface area contributed by atoms with Gasteiger partial charge >= 0.3 is 0 Å². The molecule has 3 aromatic rings. The first-order valence-electron chi connectivity index (χ1n) is 11.3. The molecule has 0 radical (unpaired) electrons. The van der Waals surface area contributed by atoms with E-state index in [0.29, 0.717) is 12.0 Å². The Hall–Kier alpha value is -2.44. The minimum atomic E-state index is 0.474. The van der Waals surface area contributed by atoms with Crippen LogP contribution in [0.15, 0.2) is 59.0 Å². The van der Waals surface area contributed by atoms with Crippen LogP contribution in [0.4, 0.5) is 0 Å². The molecule has 0 aliphatic carbocycles. The number of benzene rings is 1. The quantitative estimate of drug-likeness (QED) is 0.424. The number of fused-ring (bicyclic) bond motifs is 1. The topological polar surface area (TPSA) is 52.6 Å². The van der Waals surface area contributed by atoms with Crippen molar-refractivity contribution < 1.29 is 0 Å². The van der Waals surface area contributed by atoms with Gasteiger partial charge in [-0.05, 0) is 68.8 Å². The zero-order valence-electron chi connectivity index (χ0n) is 18.6. The Morgan fingerprint density at radius 1 is 1.19 bits per heavy atom. The fraction of sp³-hybridized carbons (Fsp3) is 0.440. The van der Waals surface area contributed by atoms with E-state index < -0.39 is 0 Å². The van der Waals surface area contributed by atoms with Crippen molar-refractivity contribution in [3.8, 4) is 0 Å². The fourth-order valence-electron chi connectivity index (χ4n) is 4.59. The second kappa shape index (κ2) is 10.7. The Kier molecular flexibility index (Phi) is 7.54. The number of thiophene rings is 1. The van der Waals surface area contributed by atoms with Gasteiger partial charge in [0, 0.05) is 42.1 Å². The van der Waals surface area contributed by atoms with Crippen molar-refractivity contribution >= 4 is 28.2 Å². The van der Waals surface area contributed by atoms with Crippen LogP contribution >= 0.6 is 11.3 Å². The first kappa shape index (κ1) is 21.8. The van der Waals surface area contributed by atoms with Crippen LogP contribution < -0.4 is 10.6 Å². The van der Waals surface area contributed by atoms with E-state index in [1.165, 1.54) is 35.2 Å². The van der Waals surface area contributed by atoms with E-state index in [-0.39, 0.29) is 0 Å². The number of hydrogen-bond acceptors (Lipinski definition) is 4. The van der Waals surface area contributed by atoms with E-state index in [4.69, 9.17) is 4.99 Å². The summed E-state index contributed by atoms with van der Waals surface area (Å²) in [7, 11) is 2.25. The lowest BCUT2D eigenvalue weighted by molar-refractivity contribution is 0.128. The third-order valence-electron chi connectivity index (χ3n) is 6.07. The highest BCUT2D eigenvalue weighted by Crippen LogP contribution is 2.37. The van der Waals surface area contributed by atoms with Gasteiger partial charge in [0.25, 0.3) is 0 Å². The standard InChI is InChI=1S/C25H33N5S/c1-3-26-25(28-15-13-20-9-4-8-19-10-5-14-27-23(19)20)29-18-21-11-6-16-30(2)24(21)22-12-7-17-31-22/h4-5,7-10,12,14,17,21,24H,3,6,11,13,15-16,18H2,1-2H3,(H2,26,28,29). The Morgan fingerprint density at radius 2 is 2.10 bits per heavy atom. The van der Waals surface area contributed by atoms with Gasteiger partial charge in [0.15, 0.2) is 5.96 Å². The summed E-state index contributed by atoms with van der Waals surface area (Å²) in [5.74, 6) is 1.46. The van der Waals surface area contributed by atoms with Crippen LogP contribution in [0.3, 0.4) is 0 Å². The molecule has 1 aliphatic heterocycles. The highest BCUT2D eigenvalue weighted by atomic mass is 32.1. The zero-order chi connectivity index (χ0) is 21.5. The molecule has 1 aromatic carbocycles. The largest absolute Gasteiger partial charge is 0.357 e. The molecule has 0 bridgehead atoms. The summed E-state index contributed by atoms with van der Waals surface area (Å²) in [6, 6.07) is 15.4. The maximum Gasteiger partial charge on any atom is 0.191 e. The Balaban J connectivity index is 1.39. The van der Waals surface area contributed by atoms with E-state index >= 15 is 0 Å². The van der Waals surface area contributed by atoms with Gasteiger partial charge in [-0.2, -0.15) is 0 Å². The van der Waals surface area contributed by atoms with Gasteiger partial charge in [-0.25, -0.2) is 0 Å². The van der Waals surface area contributed by atoms with Crippen molar-refractivity contribution in [1.82, 2.24) is 20.5 Å². The molecule has 6 heteroatoms. The molecule has 1 fully saturated rings.